The first-order valence-corrected chi connectivity index (χ1v) is 6.14. The molecule has 1 aromatic carbocycles. The molecule has 1 amide bonds. The third-order valence-electron chi connectivity index (χ3n) is 2.24. The lowest BCUT2D eigenvalue weighted by atomic mass is 10.0. The van der Waals surface area contributed by atoms with E-state index in [-0.39, 0.29) is 5.91 Å². The molecule has 16 heavy (non-hydrogen) atoms. The van der Waals surface area contributed by atoms with Crippen LogP contribution in [0.4, 0.5) is 0 Å². The molecule has 0 saturated carbocycles. The zero-order chi connectivity index (χ0) is 12.5. The number of hydrogen-bond acceptors (Lipinski definition) is 2. The first kappa shape index (κ1) is 13.4. The highest BCUT2D eigenvalue weighted by atomic mass is 79.9. The van der Waals surface area contributed by atoms with Gasteiger partial charge in [0.15, 0.2) is 6.29 Å². The molecule has 0 fully saturated rings. The molecule has 0 saturated heterocycles. The molecule has 5 heteroatoms. The number of amides is 1. The summed E-state index contributed by atoms with van der Waals surface area (Å²) in [7, 11) is 3.30. The molecule has 0 aromatic heterocycles. The Labute approximate surface area is 111 Å². The Morgan fingerprint density at radius 2 is 1.94 bits per heavy atom. The van der Waals surface area contributed by atoms with Crippen LogP contribution in [0.3, 0.4) is 0 Å². The first-order chi connectivity index (χ1) is 7.40. The summed E-state index contributed by atoms with van der Waals surface area (Å²) < 4.78 is 1.46. The average molecular weight is 349 g/mol. The highest BCUT2D eigenvalue weighted by Crippen LogP contribution is 2.30. The van der Waals surface area contributed by atoms with Crippen molar-refractivity contribution in [2.45, 2.75) is 6.92 Å². The number of carbonyl (C=O) groups excluding carboxylic acids is 2. The van der Waals surface area contributed by atoms with Crippen molar-refractivity contribution in [3.63, 3.8) is 0 Å². The summed E-state index contributed by atoms with van der Waals surface area (Å²) in [5.74, 6) is -0.191. The van der Waals surface area contributed by atoms with Crippen LogP contribution in [0, 0.1) is 6.92 Å². The summed E-state index contributed by atoms with van der Waals surface area (Å²) in [6.07, 6.45) is 0.695. The Morgan fingerprint density at radius 1 is 1.38 bits per heavy atom. The molecule has 0 N–H and O–H groups in total. The standard InChI is InChI=1S/C11H11Br2NO2/c1-6-9(12)4-7(11(16)14(2)3)8(5-15)10(6)13/h4-5H,1-3H3. The van der Waals surface area contributed by atoms with E-state index in [0.29, 0.717) is 21.9 Å². The third-order valence-corrected chi connectivity index (χ3v) is 4.09. The number of aldehydes is 1. The minimum atomic E-state index is -0.191. The van der Waals surface area contributed by atoms with Gasteiger partial charge >= 0.3 is 0 Å². The molecule has 0 atom stereocenters. The first-order valence-electron chi connectivity index (χ1n) is 4.55. The van der Waals surface area contributed by atoms with E-state index < -0.39 is 0 Å². The third kappa shape index (κ3) is 2.35. The average Bonchev–Trinajstić information content (AvgIpc) is 2.24. The van der Waals surface area contributed by atoms with Gasteiger partial charge in [-0.2, -0.15) is 0 Å². The monoisotopic (exact) mass is 347 g/mol. The molecule has 0 spiro atoms. The van der Waals surface area contributed by atoms with Crippen LogP contribution < -0.4 is 0 Å². The minimum absolute atomic E-state index is 0.191. The number of benzene rings is 1. The van der Waals surface area contributed by atoms with Gasteiger partial charge in [0.05, 0.1) is 5.56 Å². The van der Waals surface area contributed by atoms with Gasteiger partial charge in [0.25, 0.3) is 5.91 Å². The maximum Gasteiger partial charge on any atom is 0.254 e. The summed E-state index contributed by atoms with van der Waals surface area (Å²) in [5.41, 5.74) is 1.68. The van der Waals surface area contributed by atoms with Gasteiger partial charge < -0.3 is 4.90 Å². The van der Waals surface area contributed by atoms with E-state index in [2.05, 4.69) is 31.9 Å². The van der Waals surface area contributed by atoms with E-state index >= 15 is 0 Å². The predicted octanol–water partition coefficient (Wildman–Crippen LogP) is 3.03. The van der Waals surface area contributed by atoms with Crippen molar-refractivity contribution in [3.8, 4) is 0 Å². The highest BCUT2D eigenvalue weighted by molar-refractivity contribution is 9.11. The quantitative estimate of drug-likeness (QED) is 0.770. The molecule has 0 aliphatic rings. The smallest absolute Gasteiger partial charge is 0.254 e. The van der Waals surface area contributed by atoms with Crippen molar-refractivity contribution in [2.24, 2.45) is 0 Å². The highest BCUT2D eigenvalue weighted by Gasteiger charge is 2.18. The molecule has 0 bridgehead atoms. The van der Waals surface area contributed by atoms with Gasteiger partial charge in [-0.15, -0.1) is 0 Å². The lowest BCUT2D eigenvalue weighted by Crippen LogP contribution is -2.23. The van der Waals surface area contributed by atoms with Crippen LogP contribution in [-0.4, -0.2) is 31.2 Å². The Kier molecular flexibility index (Phi) is 4.27. The lowest BCUT2D eigenvalue weighted by molar-refractivity contribution is 0.0824. The van der Waals surface area contributed by atoms with Gasteiger partial charge in [-0.1, -0.05) is 15.9 Å². The van der Waals surface area contributed by atoms with E-state index in [4.69, 9.17) is 0 Å². The summed E-state index contributed by atoms with van der Waals surface area (Å²) in [4.78, 5) is 24.3. The maximum atomic E-state index is 11.9. The van der Waals surface area contributed by atoms with Crippen LogP contribution in [0.5, 0.6) is 0 Å². The normalized spacial score (nSPS) is 10.1. The van der Waals surface area contributed by atoms with E-state index in [1.807, 2.05) is 6.92 Å². The number of halogens is 2. The van der Waals surface area contributed by atoms with Gasteiger partial charge in [0.2, 0.25) is 0 Å². The van der Waals surface area contributed by atoms with Gasteiger partial charge in [-0.05, 0) is 34.5 Å². The Hall–Kier alpha value is -0.680. The largest absolute Gasteiger partial charge is 0.345 e. The lowest BCUT2D eigenvalue weighted by Gasteiger charge is -2.14. The molecular weight excluding hydrogens is 338 g/mol. The molecule has 0 aliphatic carbocycles. The summed E-state index contributed by atoms with van der Waals surface area (Å²) in [5, 5.41) is 0. The van der Waals surface area contributed by atoms with Crippen molar-refractivity contribution in [2.75, 3.05) is 14.1 Å². The van der Waals surface area contributed by atoms with E-state index in [1.54, 1.807) is 20.2 Å². The van der Waals surface area contributed by atoms with Crippen molar-refractivity contribution in [3.05, 3.63) is 31.7 Å². The van der Waals surface area contributed by atoms with Crippen LogP contribution in [0.1, 0.15) is 26.3 Å². The second-order valence-electron chi connectivity index (χ2n) is 3.58. The molecule has 1 aromatic rings. The fraction of sp³-hybridized carbons (Fsp3) is 0.273. The van der Waals surface area contributed by atoms with Crippen molar-refractivity contribution >= 4 is 44.1 Å². The SMILES string of the molecule is Cc1c(Br)cc(C(=O)N(C)C)c(C=O)c1Br. The number of hydrogen-bond donors (Lipinski definition) is 0. The molecule has 3 nitrogen and oxygen atoms in total. The molecule has 1 rings (SSSR count). The topological polar surface area (TPSA) is 37.4 Å². The second kappa shape index (κ2) is 5.10. The van der Waals surface area contributed by atoms with E-state index in [1.165, 1.54) is 4.90 Å². The van der Waals surface area contributed by atoms with Crippen molar-refractivity contribution < 1.29 is 9.59 Å². The summed E-state index contributed by atoms with van der Waals surface area (Å²) in [6.45, 7) is 1.87. The Balaban J connectivity index is 3.51. The van der Waals surface area contributed by atoms with Crippen LogP contribution in [-0.2, 0) is 0 Å². The fourth-order valence-corrected chi connectivity index (χ4v) is 2.48. The molecular formula is C11H11Br2NO2. The molecule has 0 unspecified atom stereocenters. The van der Waals surface area contributed by atoms with E-state index in [0.717, 1.165) is 10.0 Å². The molecule has 86 valence electrons. The van der Waals surface area contributed by atoms with Gasteiger partial charge in [0.1, 0.15) is 0 Å². The van der Waals surface area contributed by atoms with Crippen molar-refractivity contribution in [1.82, 2.24) is 4.90 Å². The number of rotatable bonds is 2. The van der Waals surface area contributed by atoms with Crippen LogP contribution in [0.15, 0.2) is 15.0 Å². The number of carbonyl (C=O) groups is 2. The summed E-state index contributed by atoms with van der Waals surface area (Å²) in [6, 6.07) is 1.67. The Bertz CT molecular complexity index is 456. The maximum absolute atomic E-state index is 11.9. The van der Waals surface area contributed by atoms with Crippen LogP contribution in [0.25, 0.3) is 0 Å². The van der Waals surface area contributed by atoms with Crippen LogP contribution >= 0.6 is 31.9 Å². The predicted molar refractivity (Wildman–Crippen MR) is 70.0 cm³/mol. The van der Waals surface area contributed by atoms with Gasteiger partial charge in [0, 0.05) is 28.6 Å². The summed E-state index contributed by atoms with van der Waals surface area (Å²) >= 11 is 6.69. The molecule has 0 heterocycles. The number of nitrogens with zero attached hydrogens (tertiary/aromatic N) is 1. The van der Waals surface area contributed by atoms with E-state index in [9.17, 15) is 9.59 Å². The van der Waals surface area contributed by atoms with Crippen molar-refractivity contribution in [1.29, 1.82) is 0 Å². The van der Waals surface area contributed by atoms with Gasteiger partial charge in [-0.3, -0.25) is 9.59 Å². The zero-order valence-electron chi connectivity index (χ0n) is 9.17. The Morgan fingerprint density at radius 3 is 2.38 bits per heavy atom. The van der Waals surface area contributed by atoms with Crippen LogP contribution in [0.2, 0.25) is 0 Å². The zero-order valence-corrected chi connectivity index (χ0v) is 12.3. The minimum Gasteiger partial charge on any atom is -0.345 e. The van der Waals surface area contributed by atoms with Gasteiger partial charge in [-0.25, -0.2) is 0 Å². The second-order valence-corrected chi connectivity index (χ2v) is 5.22. The molecule has 0 aliphatic heterocycles. The fourth-order valence-electron chi connectivity index (χ4n) is 1.27. The molecule has 0 radical (unpaired) electrons.